The smallest absolute Gasteiger partial charge is 0.329 e. The fourth-order valence-electron chi connectivity index (χ4n) is 2.87. The van der Waals surface area contributed by atoms with Crippen LogP contribution in [-0.4, -0.2) is 15.7 Å². The van der Waals surface area contributed by atoms with Gasteiger partial charge in [0.1, 0.15) is 5.82 Å². The molecule has 136 valence electrons. The number of halogens is 1. The van der Waals surface area contributed by atoms with Gasteiger partial charge in [-0.1, -0.05) is 23.9 Å². The lowest BCUT2D eigenvalue weighted by Crippen LogP contribution is -2.17. The van der Waals surface area contributed by atoms with E-state index in [-0.39, 0.29) is 5.82 Å². The lowest BCUT2D eigenvalue weighted by molar-refractivity contribution is -0.141. The van der Waals surface area contributed by atoms with E-state index < -0.39 is 5.97 Å². The van der Waals surface area contributed by atoms with Gasteiger partial charge in [0, 0.05) is 27.7 Å². The molecule has 0 bridgehead atoms. The predicted molar refractivity (Wildman–Crippen MR) is 100.0 cm³/mol. The van der Waals surface area contributed by atoms with Crippen LogP contribution >= 0.6 is 11.8 Å². The van der Waals surface area contributed by atoms with Crippen LogP contribution in [0.1, 0.15) is 12.6 Å². The van der Waals surface area contributed by atoms with Gasteiger partial charge in [0.15, 0.2) is 12.2 Å². The molecule has 2 aromatic heterocycles. The van der Waals surface area contributed by atoms with Crippen molar-refractivity contribution in [2.75, 3.05) is 0 Å². The minimum atomic E-state index is -0.438. The number of hydrogen-bond donors (Lipinski definition) is 0. The molecule has 4 aromatic rings. The van der Waals surface area contributed by atoms with E-state index in [0.717, 1.165) is 21.0 Å². The lowest BCUT2D eigenvalue weighted by Gasteiger charge is -2.07. The maximum atomic E-state index is 13.8. The molecule has 2 heterocycles. The van der Waals surface area contributed by atoms with E-state index in [1.165, 1.54) is 41.9 Å². The van der Waals surface area contributed by atoms with E-state index in [0.29, 0.717) is 16.7 Å². The van der Waals surface area contributed by atoms with Crippen molar-refractivity contribution < 1.29 is 18.4 Å². The van der Waals surface area contributed by atoms with Crippen LogP contribution in [0.15, 0.2) is 69.3 Å². The van der Waals surface area contributed by atoms with Crippen molar-refractivity contribution in [1.82, 2.24) is 9.71 Å². The molecular weight excluding hydrogens is 367 g/mol. The Morgan fingerprint density at radius 2 is 2.00 bits per heavy atom. The van der Waals surface area contributed by atoms with Crippen LogP contribution < -0.4 is 4.84 Å². The molecule has 2 aromatic carbocycles. The van der Waals surface area contributed by atoms with Crippen molar-refractivity contribution >= 4 is 28.6 Å². The monoisotopic (exact) mass is 382 g/mol. The second-order valence-corrected chi connectivity index (χ2v) is 7.03. The molecule has 0 spiro atoms. The number of nitrogens with zero attached hydrogens (tertiary/aromatic N) is 2. The van der Waals surface area contributed by atoms with Crippen LogP contribution in [0, 0.1) is 12.7 Å². The van der Waals surface area contributed by atoms with E-state index in [1.807, 2.05) is 31.2 Å². The van der Waals surface area contributed by atoms with Crippen LogP contribution in [0.2, 0.25) is 0 Å². The number of rotatable bonds is 4. The molecule has 27 heavy (non-hydrogen) atoms. The Balaban J connectivity index is 1.74. The maximum absolute atomic E-state index is 13.8. The Kier molecular flexibility index (Phi) is 4.45. The van der Waals surface area contributed by atoms with Gasteiger partial charge < -0.3 is 9.25 Å². The zero-order valence-electron chi connectivity index (χ0n) is 14.6. The van der Waals surface area contributed by atoms with Gasteiger partial charge in [-0.2, -0.15) is 4.73 Å². The summed E-state index contributed by atoms with van der Waals surface area (Å²) in [5, 5.41) is 0.693. The maximum Gasteiger partial charge on any atom is 0.329 e. The summed E-state index contributed by atoms with van der Waals surface area (Å²) in [6, 6.07) is 12.2. The molecule has 7 heteroatoms. The van der Waals surface area contributed by atoms with E-state index in [4.69, 9.17) is 9.25 Å². The highest BCUT2D eigenvalue weighted by atomic mass is 32.2. The highest BCUT2D eigenvalue weighted by Gasteiger charge is 2.18. The van der Waals surface area contributed by atoms with E-state index in [2.05, 4.69) is 4.98 Å². The van der Waals surface area contributed by atoms with Crippen molar-refractivity contribution in [3.05, 3.63) is 66.6 Å². The Morgan fingerprint density at radius 3 is 2.67 bits per heavy atom. The Morgan fingerprint density at radius 1 is 1.22 bits per heavy atom. The summed E-state index contributed by atoms with van der Waals surface area (Å²) < 4.78 is 20.6. The third kappa shape index (κ3) is 3.33. The van der Waals surface area contributed by atoms with Gasteiger partial charge in [-0.3, -0.25) is 0 Å². The third-order valence-electron chi connectivity index (χ3n) is 4.07. The fraction of sp³-hybridized carbons (Fsp3) is 0.100. The molecule has 0 aliphatic rings. The quantitative estimate of drug-likeness (QED) is 0.504. The minimum Gasteiger partial charge on any atom is -0.444 e. The van der Waals surface area contributed by atoms with E-state index >= 15 is 0 Å². The SMILES string of the molecule is CC(=O)On1c(C)c(Sc2ccc(-c3cnco3)cc2)c2cc(F)ccc21. The molecule has 4 rings (SSSR count). The zero-order chi connectivity index (χ0) is 19.0. The van der Waals surface area contributed by atoms with Crippen molar-refractivity contribution in [2.24, 2.45) is 0 Å². The number of fused-ring (bicyclic) bond motifs is 1. The summed E-state index contributed by atoms with van der Waals surface area (Å²) >= 11 is 1.48. The molecule has 5 nitrogen and oxygen atoms in total. The summed E-state index contributed by atoms with van der Waals surface area (Å²) in [5.74, 6) is -0.0893. The second kappa shape index (κ2) is 6.92. The summed E-state index contributed by atoms with van der Waals surface area (Å²) in [7, 11) is 0. The molecule has 0 saturated heterocycles. The number of oxazole rings is 1. The molecule has 0 aliphatic carbocycles. The van der Waals surface area contributed by atoms with Crippen LogP contribution in [-0.2, 0) is 4.79 Å². The molecule has 0 amide bonds. The van der Waals surface area contributed by atoms with E-state index in [1.54, 1.807) is 12.3 Å². The zero-order valence-corrected chi connectivity index (χ0v) is 15.4. The molecule has 0 radical (unpaired) electrons. The molecule has 0 unspecified atom stereocenters. The average Bonchev–Trinajstić information content (AvgIpc) is 3.26. The lowest BCUT2D eigenvalue weighted by atomic mass is 10.2. The Labute approximate surface area is 158 Å². The Hall–Kier alpha value is -3.06. The number of carbonyl (C=O) groups is 1. The van der Waals surface area contributed by atoms with Gasteiger partial charge in [-0.05, 0) is 37.3 Å². The van der Waals surface area contributed by atoms with Crippen molar-refractivity contribution in [2.45, 2.75) is 23.6 Å². The van der Waals surface area contributed by atoms with Crippen LogP contribution in [0.3, 0.4) is 0 Å². The fourth-order valence-corrected chi connectivity index (χ4v) is 3.89. The van der Waals surface area contributed by atoms with E-state index in [9.17, 15) is 9.18 Å². The van der Waals surface area contributed by atoms with Gasteiger partial charge in [-0.15, -0.1) is 0 Å². The summed E-state index contributed by atoms with van der Waals surface area (Å²) in [4.78, 5) is 22.5. The normalized spacial score (nSPS) is 11.1. The number of aromatic nitrogens is 2. The summed E-state index contributed by atoms with van der Waals surface area (Å²) in [5.41, 5.74) is 2.29. The van der Waals surface area contributed by atoms with Gasteiger partial charge >= 0.3 is 5.97 Å². The van der Waals surface area contributed by atoms with Crippen molar-refractivity contribution in [3.63, 3.8) is 0 Å². The van der Waals surface area contributed by atoms with Crippen LogP contribution in [0.4, 0.5) is 4.39 Å². The predicted octanol–water partition coefficient (Wildman–Crippen LogP) is 4.87. The van der Waals surface area contributed by atoms with Crippen molar-refractivity contribution in [1.29, 1.82) is 0 Å². The van der Waals surface area contributed by atoms with Crippen LogP contribution in [0.5, 0.6) is 0 Å². The number of carbonyl (C=O) groups excluding carboxylic acids is 1. The molecule has 0 atom stereocenters. The Bertz CT molecular complexity index is 1120. The highest BCUT2D eigenvalue weighted by Crippen LogP contribution is 2.38. The van der Waals surface area contributed by atoms with Gasteiger partial charge in [-0.25, -0.2) is 14.2 Å². The van der Waals surface area contributed by atoms with Gasteiger partial charge in [0.2, 0.25) is 0 Å². The summed E-state index contributed by atoms with van der Waals surface area (Å²) in [6.45, 7) is 3.18. The first-order valence-electron chi connectivity index (χ1n) is 8.19. The van der Waals surface area contributed by atoms with Crippen molar-refractivity contribution in [3.8, 4) is 11.3 Å². The molecule has 0 N–H and O–H groups in total. The van der Waals surface area contributed by atoms with Crippen LogP contribution in [0.25, 0.3) is 22.2 Å². The molecule has 0 aliphatic heterocycles. The third-order valence-corrected chi connectivity index (χ3v) is 5.29. The van der Waals surface area contributed by atoms with Gasteiger partial charge in [0.25, 0.3) is 0 Å². The first-order chi connectivity index (χ1) is 13.0. The largest absolute Gasteiger partial charge is 0.444 e. The number of hydrogen-bond acceptors (Lipinski definition) is 5. The summed E-state index contributed by atoms with van der Waals surface area (Å²) in [6.07, 6.45) is 3.04. The minimum absolute atomic E-state index is 0.343. The topological polar surface area (TPSA) is 57.3 Å². The number of benzene rings is 2. The first kappa shape index (κ1) is 17.4. The first-order valence-corrected chi connectivity index (χ1v) is 9.01. The molecule has 0 fully saturated rings. The average molecular weight is 382 g/mol. The highest BCUT2D eigenvalue weighted by molar-refractivity contribution is 7.99. The second-order valence-electron chi connectivity index (χ2n) is 5.95. The standard InChI is InChI=1S/C20H15FN2O3S/c1-12-20(17-9-15(21)5-8-18(17)23(12)26-13(2)24)27-16-6-3-14(4-7-16)19-10-22-11-25-19/h3-11H,1-2H3. The molecule has 0 saturated carbocycles. The van der Waals surface area contributed by atoms with Gasteiger partial charge in [0.05, 0.1) is 17.4 Å². The molecular formula is C20H15FN2O3S.